The number of allylic oxidation sites excluding steroid dienone is 2. The number of carbonyl (C=O) groups excluding carboxylic acids is 2. The maximum atomic E-state index is 13.0. The van der Waals surface area contributed by atoms with Crippen molar-refractivity contribution in [3.63, 3.8) is 0 Å². The molecule has 0 radical (unpaired) electrons. The van der Waals surface area contributed by atoms with Crippen molar-refractivity contribution >= 4 is 11.6 Å². The number of ketones is 2. The molecule has 0 N–H and O–H groups in total. The smallest absolute Gasteiger partial charge is 0.163 e. The Morgan fingerprint density at radius 3 is 2.52 bits per heavy atom. The number of benzene rings is 2. The Morgan fingerprint density at radius 1 is 1.07 bits per heavy atom. The molecule has 27 heavy (non-hydrogen) atoms. The fourth-order valence-corrected chi connectivity index (χ4v) is 4.16. The second-order valence-corrected chi connectivity index (χ2v) is 8.46. The number of aryl methyl sites for hydroxylation is 1. The fraction of sp³-hybridized carbons (Fsp3) is 0.333. The lowest BCUT2D eigenvalue weighted by atomic mass is 9.70. The summed E-state index contributed by atoms with van der Waals surface area (Å²) < 4.78 is 6.12. The van der Waals surface area contributed by atoms with Crippen molar-refractivity contribution < 1.29 is 14.3 Å². The summed E-state index contributed by atoms with van der Waals surface area (Å²) in [5.41, 5.74) is 3.33. The minimum Gasteiger partial charge on any atom is -0.461 e. The quantitative estimate of drug-likeness (QED) is 0.690. The van der Waals surface area contributed by atoms with E-state index < -0.39 is 0 Å². The largest absolute Gasteiger partial charge is 0.461 e. The van der Waals surface area contributed by atoms with E-state index >= 15 is 0 Å². The highest BCUT2D eigenvalue weighted by Crippen LogP contribution is 2.48. The first-order valence-corrected chi connectivity index (χ1v) is 9.47. The zero-order valence-corrected chi connectivity index (χ0v) is 16.0. The average Bonchev–Trinajstić information content (AvgIpc) is 2.60. The van der Waals surface area contributed by atoms with Crippen LogP contribution >= 0.6 is 0 Å². The van der Waals surface area contributed by atoms with E-state index in [1.165, 1.54) is 0 Å². The first-order valence-electron chi connectivity index (χ1n) is 9.47. The summed E-state index contributed by atoms with van der Waals surface area (Å²) in [7, 11) is 0. The first-order chi connectivity index (χ1) is 12.8. The summed E-state index contributed by atoms with van der Waals surface area (Å²) >= 11 is 0. The van der Waals surface area contributed by atoms with Gasteiger partial charge in [0.05, 0.1) is 0 Å². The van der Waals surface area contributed by atoms with Crippen LogP contribution in [0, 0.1) is 12.3 Å². The Balaban J connectivity index is 1.74. The Bertz CT molecular complexity index is 948. The molecule has 3 heteroatoms. The number of para-hydroxylation sites is 1. The van der Waals surface area contributed by atoms with Crippen LogP contribution in [0.3, 0.4) is 0 Å². The summed E-state index contributed by atoms with van der Waals surface area (Å²) in [6, 6.07) is 15.4. The van der Waals surface area contributed by atoms with Crippen molar-refractivity contribution in [1.29, 1.82) is 0 Å². The first kappa shape index (κ1) is 17.7. The summed E-state index contributed by atoms with van der Waals surface area (Å²) in [5, 5.41) is 0. The number of Topliss-reactive ketones (excluding diaryl/α,β-unsaturated/α-hetero) is 2. The average molecular weight is 360 g/mol. The molecule has 0 amide bonds. The minimum absolute atomic E-state index is 0.0567. The van der Waals surface area contributed by atoms with E-state index in [1.807, 2.05) is 55.5 Å². The number of rotatable bonds is 3. The zero-order chi connectivity index (χ0) is 19.2. The van der Waals surface area contributed by atoms with Gasteiger partial charge in [-0.05, 0) is 18.4 Å². The van der Waals surface area contributed by atoms with E-state index in [2.05, 4.69) is 13.8 Å². The highest BCUT2D eigenvalue weighted by atomic mass is 16.5. The van der Waals surface area contributed by atoms with Gasteiger partial charge in [0.15, 0.2) is 11.6 Å². The van der Waals surface area contributed by atoms with E-state index in [-0.39, 0.29) is 29.3 Å². The number of carbonyl (C=O) groups is 2. The van der Waals surface area contributed by atoms with E-state index in [4.69, 9.17) is 4.74 Å². The van der Waals surface area contributed by atoms with Gasteiger partial charge in [-0.15, -0.1) is 0 Å². The molecule has 138 valence electrons. The molecule has 2 aromatic carbocycles. The Kier molecular flexibility index (Phi) is 4.26. The molecule has 0 bridgehead atoms. The van der Waals surface area contributed by atoms with Crippen molar-refractivity contribution in [2.45, 2.75) is 46.0 Å². The molecule has 4 rings (SSSR count). The van der Waals surface area contributed by atoms with Crippen LogP contribution < -0.4 is 4.74 Å². The molecule has 2 aliphatic rings. The van der Waals surface area contributed by atoms with Gasteiger partial charge in [0, 0.05) is 41.9 Å². The third-order valence-electron chi connectivity index (χ3n) is 5.52. The lowest BCUT2D eigenvalue weighted by Crippen LogP contribution is -2.33. The van der Waals surface area contributed by atoms with Gasteiger partial charge < -0.3 is 4.74 Å². The number of fused-ring (bicyclic) bond motifs is 1. The number of ether oxygens (including phenoxy) is 1. The van der Waals surface area contributed by atoms with Crippen molar-refractivity contribution in [3.8, 4) is 5.75 Å². The van der Waals surface area contributed by atoms with Crippen LogP contribution in [-0.4, -0.2) is 11.6 Å². The van der Waals surface area contributed by atoms with Crippen LogP contribution in [0.15, 0.2) is 59.9 Å². The third kappa shape index (κ3) is 3.34. The normalized spacial score (nSPS) is 20.6. The van der Waals surface area contributed by atoms with E-state index in [0.717, 1.165) is 29.1 Å². The van der Waals surface area contributed by atoms with Gasteiger partial charge in [-0.25, -0.2) is 0 Å². The molecule has 3 nitrogen and oxygen atoms in total. The summed E-state index contributed by atoms with van der Waals surface area (Å²) in [5.74, 6) is 1.45. The molecule has 0 saturated carbocycles. The lowest BCUT2D eigenvalue weighted by molar-refractivity contribution is -0.118. The van der Waals surface area contributed by atoms with Gasteiger partial charge >= 0.3 is 0 Å². The minimum atomic E-state index is -0.234. The monoisotopic (exact) mass is 360 g/mol. The zero-order valence-electron chi connectivity index (χ0n) is 16.0. The van der Waals surface area contributed by atoms with Crippen molar-refractivity contribution in [2.75, 3.05) is 0 Å². The van der Waals surface area contributed by atoms with E-state index in [9.17, 15) is 9.59 Å². The van der Waals surface area contributed by atoms with Gasteiger partial charge in [-0.3, -0.25) is 9.59 Å². The molecule has 1 heterocycles. The maximum Gasteiger partial charge on any atom is 0.163 e. The van der Waals surface area contributed by atoms with Crippen LogP contribution in [0.1, 0.15) is 60.5 Å². The fourth-order valence-electron chi connectivity index (χ4n) is 4.16. The molecular weight excluding hydrogens is 336 g/mol. The highest BCUT2D eigenvalue weighted by molar-refractivity contribution is 6.02. The van der Waals surface area contributed by atoms with Gasteiger partial charge in [0.1, 0.15) is 11.5 Å². The molecular formula is C24H24O3. The van der Waals surface area contributed by atoms with E-state index in [0.29, 0.717) is 17.6 Å². The second kappa shape index (κ2) is 6.49. The number of hydrogen-bond acceptors (Lipinski definition) is 3. The summed E-state index contributed by atoms with van der Waals surface area (Å²) in [6.45, 7) is 6.18. The van der Waals surface area contributed by atoms with Gasteiger partial charge in [-0.1, -0.05) is 61.9 Å². The topological polar surface area (TPSA) is 43.4 Å². The molecule has 0 fully saturated rings. The Hall–Kier alpha value is -2.68. The SMILES string of the molecule is Cc1ccc(C(=O)CC2C3=C(CC(C)(C)CC3=O)Oc3ccccc32)cc1. The summed E-state index contributed by atoms with van der Waals surface area (Å²) in [4.78, 5) is 25.9. The molecule has 2 aromatic rings. The number of hydrogen-bond donors (Lipinski definition) is 0. The van der Waals surface area contributed by atoms with Crippen molar-refractivity contribution in [1.82, 2.24) is 0 Å². The van der Waals surface area contributed by atoms with Crippen molar-refractivity contribution in [2.24, 2.45) is 5.41 Å². The van der Waals surface area contributed by atoms with Gasteiger partial charge in [-0.2, -0.15) is 0 Å². The predicted octanol–water partition coefficient (Wildman–Crippen LogP) is 5.39. The van der Waals surface area contributed by atoms with Gasteiger partial charge in [0.25, 0.3) is 0 Å². The lowest BCUT2D eigenvalue weighted by Gasteiger charge is -2.38. The third-order valence-corrected chi connectivity index (χ3v) is 5.52. The molecule has 0 saturated heterocycles. The van der Waals surface area contributed by atoms with Crippen LogP contribution in [0.2, 0.25) is 0 Å². The molecule has 0 spiro atoms. The predicted molar refractivity (Wildman–Crippen MR) is 105 cm³/mol. The van der Waals surface area contributed by atoms with E-state index in [1.54, 1.807) is 0 Å². The molecule has 1 aliphatic carbocycles. The highest BCUT2D eigenvalue weighted by Gasteiger charge is 2.41. The second-order valence-electron chi connectivity index (χ2n) is 8.46. The van der Waals surface area contributed by atoms with Crippen LogP contribution in [0.25, 0.3) is 0 Å². The molecule has 1 aliphatic heterocycles. The molecule has 0 aromatic heterocycles. The summed E-state index contributed by atoms with van der Waals surface area (Å²) in [6.07, 6.45) is 1.50. The van der Waals surface area contributed by atoms with Crippen LogP contribution in [0.4, 0.5) is 0 Å². The van der Waals surface area contributed by atoms with Crippen LogP contribution in [0.5, 0.6) is 5.75 Å². The van der Waals surface area contributed by atoms with Crippen molar-refractivity contribution in [3.05, 3.63) is 76.6 Å². The van der Waals surface area contributed by atoms with Gasteiger partial charge in [0.2, 0.25) is 0 Å². The van der Waals surface area contributed by atoms with Crippen LogP contribution in [-0.2, 0) is 4.79 Å². The Labute approximate surface area is 160 Å². The Morgan fingerprint density at radius 2 is 1.78 bits per heavy atom. The standard InChI is InChI=1S/C24H24O3/c1-15-8-10-16(11-9-15)19(25)12-18-17-6-4-5-7-21(17)27-22-14-24(2,3)13-20(26)23(18)22/h4-11,18H,12-14H2,1-3H3. The molecule has 1 atom stereocenters. The maximum absolute atomic E-state index is 13.0. The molecule has 1 unspecified atom stereocenters.